The van der Waals surface area contributed by atoms with Crippen molar-refractivity contribution in [1.82, 2.24) is 4.98 Å². The van der Waals surface area contributed by atoms with E-state index in [-0.39, 0.29) is 5.91 Å². The molecule has 4 heteroatoms. The van der Waals surface area contributed by atoms with Gasteiger partial charge in [0, 0.05) is 24.1 Å². The van der Waals surface area contributed by atoms with Gasteiger partial charge in [0.25, 0.3) is 5.91 Å². The third-order valence-electron chi connectivity index (χ3n) is 3.16. The first kappa shape index (κ1) is 15.0. The number of hydrogen-bond donors (Lipinski definition) is 2. The van der Waals surface area contributed by atoms with Gasteiger partial charge in [0.05, 0.1) is 11.3 Å². The van der Waals surface area contributed by atoms with Crippen molar-refractivity contribution in [2.24, 2.45) is 0 Å². The predicted octanol–water partition coefficient (Wildman–Crippen LogP) is 3.77. The van der Waals surface area contributed by atoms with Gasteiger partial charge in [-0.05, 0) is 38.5 Å². The Morgan fingerprint density at radius 2 is 1.90 bits per heavy atom. The van der Waals surface area contributed by atoms with E-state index in [9.17, 15) is 4.79 Å². The van der Waals surface area contributed by atoms with Crippen molar-refractivity contribution in [2.75, 3.05) is 17.2 Å². The zero-order valence-electron chi connectivity index (χ0n) is 12.7. The van der Waals surface area contributed by atoms with Crippen LogP contribution in [0.25, 0.3) is 0 Å². The molecule has 2 N–H and O–H groups in total. The number of rotatable bonds is 5. The Bertz CT molecular complexity index is 620. The molecule has 0 unspecified atom stereocenters. The number of anilines is 2. The lowest BCUT2D eigenvalue weighted by Crippen LogP contribution is -2.16. The van der Waals surface area contributed by atoms with Crippen LogP contribution in [0.5, 0.6) is 0 Å². The molecule has 0 fully saturated rings. The third kappa shape index (κ3) is 4.05. The average Bonchev–Trinajstić information content (AvgIpc) is 2.47. The highest BCUT2D eigenvalue weighted by molar-refractivity contribution is 6.07. The van der Waals surface area contributed by atoms with Crippen LogP contribution in [0.15, 0.2) is 36.5 Å². The monoisotopic (exact) mass is 283 g/mol. The van der Waals surface area contributed by atoms with E-state index >= 15 is 0 Å². The Morgan fingerprint density at radius 1 is 1.19 bits per heavy atom. The van der Waals surface area contributed by atoms with Gasteiger partial charge in [0.15, 0.2) is 0 Å². The van der Waals surface area contributed by atoms with E-state index in [2.05, 4.69) is 22.5 Å². The standard InChI is InChI=1S/C17H21N3O/c1-4-9-18-16-10-13(3)19-11-15(16)17(21)20-14-7-5-12(2)6-8-14/h5-8,10-11H,4,9H2,1-3H3,(H,18,19)(H,20,21). The summed E-state index contributed by atoms with van der Waals surface area (Å²) < 4.78 is 0. The molecule has 0 saturated carbocycles. The second kappa shape index (κ2) is 6.88. The summed E-state index contributed by atoms with van der Waals surface area (Å²) in [4.78, 5) is 16.6. The number of carbonyl (C=O) groups excluding carboxylic acids is 1. The molecule has 4 nitrogen and oxygen atoms in total. The van der Waals surface area contributed by atoms with Crippen LogP contribution in [0.3, 0.4) is 0 Å². The molecule has 0 aliphatic heterocycles. The highest BCUT2D eigenvalue weighted by atomic mass is 16.1. The molecule has 0 aliphatic rings. The second-order valence-electron chi connectivity index (χ2n) is 5.12. The number of carbonyl (C=O) groups is 1. The first-order valence-electron chi connectivity index (χ1n) is 7.18. The van der Waals surface area contributed by atoms with Crippen LogP contribution in [0.4, 0.5) is 11.4 Å². The van der Waals surface area contributed by atoms with E-state index in [1.807, 2.05) is 44.2 Å². The molecular weight excluding hydrogens is 262 g/mol. The van der Waals surface area contributed by atoms with Gasteiger partial charge in [-0.15, -0.1) is 0 Å². The van der Waals surface area contributed by atoms with Gasteiger partial charge in [-0.25, -0.2) is 0 Å². The van der Waals surface area contributed by atoms with Crippen LogP contribution >= 0.6 is 0 Å². The zero-order valence-corrected chi connectivity index (χ0v) is 12.7. The minimum Gasteiger partial charge on any atom is -0.384 e. The molecule has 1 aromatic carbocycles. The van der Waals surface area contributed by atoms with E-state index in [1.54, 1.807) is 6.20 Å². The Hall–Kier alpha value is -2.36. The maximum atomic E-state index is 12.4. The van der Waals surface area contributed by atoms with E-state index in [0.29, 0.717) is 5.56 Å². The van der Waals surface area contributed by atoms with Crippen molar-refractivity contribution in [3.63, 3.8) is 0 Å². The van der Waals surface area contributed by atoms with Crippen LogP contribution in [-0.2, 0) is 0 Å². The summed E-state index contributed by atoms with van der Waals surface area (Å²) in [5.41, 5.74) is 4.23. The van der Waals surface area contributed by atoms with Gasteiger partial charge in [-0.2, -0.15) is 0 Å². The summed E-state index contributed by atoms with van der Waals surface area (Å²) in [6.07, 6.45) is 2.62. The quantitative estimate of drug-likeness (QED) is 0.878. The first-order valence-corrected chi connectivity index (χ1v) is 7.18. The summed E-state index contributed by atoms with van der Waals surface area (Å²) in [7, 11) is 0. The van der Waals surface area contributed by atoms with E-state index in [0.717, 1.165) is 35.6 Å². The van der Waals surface area contributed by atoms with Gasteiger partial charge in [-0.3, -0.25) is 9.78 Å². The summed E-state index contributed by atoms with van der Waals surface area (Å²) in [5, 5.41) is 6.18. The molecule has 1 heterocycles. The topological polar surface area (TPSA) is 54.0 Å². The van der Waals surface area contributed by atoms with Gasteiger partial charge in [-0.1, -0.05) is 24.6 Å². The molecule has 110 valence electrons. The first-order chi connectivity index (χ1) is 10.1. The van der Waals surface area contributed by atoms with Crippen molar-refractivity contribution in [3.8, 4) is 0 Å². The maximum Gasteiger partial charge on any atom is 0.259 e. The van der Waals surface area contributed by atoms with Crippen LogP contribution in [-0.4, -0.2) is 17.4 Å². The zero-order chi connectivity index (χ0) is 15.2. The Kier molecular flexibility index (Phi) is 4.93. The lowest BCUT2D eigenvalue weighted by molar-refractivity contribution is 0.102. The summed E-state index contributed by atoms with van der Waals surface area (Å²) >= 11 is 0. The van der Waals surface area contributed by atoms with Crippen molar-refractivity contribution >= 4 is 17.3 Å². The van der Waals surface area contributed by atoms with Crippen molar-refractivity contribution in [1.29, 1.82) is 0 Å². The SMILES string of the molecule is CCCNc1cc(C)ncc1C(=O)Nc1ccc(C)cc1. The number of benzene rings is 1. The Labute approximate surface area is 125 Å². The number of nitrogens with zero attached hydrogens (tertiary/aromatic N) is 1. The average molecular weight is 283 g/mol. The fraction of sp³-hybridized carbons (Fsp3) is 0.294. The molecular formula is C17H21N3O. The van der Waals surface area contributed by atoms with E-state index in [4.69, 9.17) is 0 Å². The van der Waals surface area contributed by atoms with Gasteiger partial charge in [0.1, 0.15) is 0 Å². The molecule has 0 aliphatic carbocycles. The molecule has 0 atom stereocenters. The smallest absolute Gasteiger partial charge is 0.259 e. The molecule has 1 amide bonds. The number of hydrogen-bond acceptors (Lipinski definition) is 3. The highest BCUT2D eigenvalue weighted by Gasteiger charge is 2.12. The summed E-state index contributed by atoms with van der Waals surface area (Å²) in [6.45, 7) is 6.85. The highest BCUT2D eigenvalue weighted by Crippen LogP contribution is 2.18. The second-order valence-corrected chi connectivity index (χ2v) is 5.12. The van der Waals surface area contributed by atoms with E-state index < -0.39 is 0 Å². The number of aromatic nitrogens is 1. The summed E-state index contributed by atoms with van der Waals surface area (Å²) in [5.74, 6) is -0.148. The minimum absolute atomic E-state index is 0.148. The van der Waals surface area contributed by atoms with Crippen LogP contribution in [0, 0.1) is 13.8 Å². The van der Waals surface area contributed by atoms with Gasteiger partial charge >= 0.3 is 0 Å². The van der Waals surface area contributed by atoms with Gasteiger partial charge in [0.2, 0.25) is 0 Å². The fourth-order valence-electron chi connectivity index (χ4n) is 1.98. The molecule has 1 aromatic heterocycles. The third-order valence-corrected chi connectivity index (χ3v) is 3.16. The lowest BCUT2D eigenvalue weighted by Gasteiger charge is -2.12. The Morgan fingerprint density at radius 3 is 2.57 bits per heavy atom. The van der Waals surface area contributed by atoms with E-state index in [1.165, 1.54) is 0 Å². The molecule has 0 radical (unpaired) electrons. The van der Waals surface area contributed by atoms with Crippen molar-refractivity contribution < 1.29 is 4.79 Å². The largest absolute Gasteiger partial charge is 0.384 e. The minimum atomic E-state index is -0.148. The Balaban J connectivity index is 2.19. The van der Waals surface area contributed by atoms with Crippen LogP contribution < -0.4 is 10.6 Å². The van der Waals surface area contributed by atoms with Crippen molar-refractivity contribution in [3.05, 3.63) is 53.3 Å². The number of aryl methyl sites for hydroxylation is 2. The molecule has 0 saturated heterocycles. The molecule has 0 spiro atoms. The maximum absolute atomic E-state index is 12.4. The van der Waals surface area contributed by atoms with Crippen LogP contribution in [0.2, 0.25) is 0 Å². The fourth-order valence-corrected chi connectivity index (χ4v) is 1.98. The molecule has 21 heavy (non-hydrogen) atoms. The predicted molar refractivity (Wildman–Crippen MR) is 86.9 cm³/mol. The molecule has 2 rings (SSSR count). The number of amides is 1. The number of pyridine rings is 1. The molecule has 0 bridgehead atoms. The molecule has 2 aromatic rings. The van der Waals surface area contributed by atoms with Crippen LogP contribution in [0.1, 0.15) is 35.0 Å². The normalized spacial score (nSPS) is 10.2. The summed E-state index contributed by atoms with van der Waals surface area (Å²) in [6, 6.07) is 9.64. The van der Waals surface area contributed by atoms with Gasteiger partial charge < -0.3 is 10.6 Å². The lowest BCUT2D eigenvalue weighted by atomic mass is 10.1. The van der Waals surface area contributed by atoms with Crippen molar-refractivity contribution in [2.45, 2.75) is 27.2 Å². The number of nitrogens with one attached hydrogen (secondary N) is 2.